The first-order valence-corrected chi connectivity index (χ1v) is 11.5. The van der Waals surface area contributed by atoms with Gasteiger partial charge in [0.2, 0.25) is 5.95 Å². The number of imidazole rings is 1. The number of nitrogens with one attached hydrogen (secondary N) is 1. The van der Waals surface area contributed by atoms with E-state index in [4.69, 9.17) is 4.98 Å². The summed E-state index contributed by atoms with van der Waals surface area (Å²) in [6.07, 6.45) is 6.31. The molecule has 34 heavy (non-hydrogen) atoms. The van der Waals surface area contributed by atoms with E-state index in [0.29, 0.717) is 17.2 Å². The third-order valence-electron chi connectivity index (χ3n) is 6.56. The maximum absolute atomic E-state index is 13.3. The summed E-state index contributed by atoms with van der Waals surface area (Å²) < 4.78 is 3.92. The molecule has 0 unspecified atom stereocenters. The van der Waals surface area contributed by atoms with Gasteiger partial charge in [0.25, 0.3) is 5.91 Å². The standard InChI is InChI=1S/C26H24N6O2/c33-20-10-8-18(9-11-20)31-23-6-2-1-5-21(23)29-26(31)30-25(34)17-12-14-27-22(16-17)24-7-3-4-19-13-15-28-32(19)24/h1-7,12-16,18,20,33H,8-11H2,(H,29,30,34). The van der Waals surface area contributed by atoms with Gasteiger partial charge in [-0.2, -0.15) is 5.10 Å². The number of fused-ring (bicyclic) bond motifs is 2. The van der Waals surface area contributed by atoms with Gasteiger partial charge in [0, 0.05) is 17.8 Å². The summed E-state index contributed by atoms with van der Waals surface area (Å²) in [6, 6.07) is 19.3. The zero-order valence-electron chi connectivity index (χ0n) is 18.5. The van der Waals surface area contributed by atoms with E-state index in [2.05, 4.69) is 20.0 Å². The molecule has 5 aromatic rings. The van der Waals surface area contributed by atoms with Crippen LogP contribution >= 0.6 is 0 Å². The van der Waals surface area contributed by atoms with E-state index in [1.54, 1.807) is 29.0 Å². The van der Waals surface area contributed by atoms with E-state index in [0.717, 1.165) is 47.9 Å². The Bertz CT molecular complexity index is 1500. The number of carbonyl (C=O) groups excluding carboxylic acids is 1. The number of aromatic nitrogens is 5. The Morgan fingerprint density at radius 2 is 1.82 bits per heavy atom. The Morgan fingerprint density at radius 3 is 2.71 bits per heavy atom. The third kappa shape index (κ3) is 3.62. The number of anilines is 1. The molecule has 1 fully saturated rings. The summed E-state index contributed by atoms with van der Waals surface area (Å²) >= 11 is 0. The number of aliphatic hydroxyl groups excluding tert-OH is 1. The lowest BCUT2D eigenvalue weighted by atomic mass is 9.93. The number of hydrogen-bond donors (Lipinski definition) is 2. The first kappa shape index (κ1) is 20.6. The van der Waals surface area contributed by atoms with Crippen molar-refractivity contribution in [1.82, 2.24) is 24.1 Å². The second kappa shape index (κ2) is 8.39. The van der Waals surface area contributed by atoms with Crippen molar-refractivity contribution in [3.05, 3.63) is 78.6 Å². The number of para-hydroxylation sites is 2. The molecule has 8 heteroatoms. The number of carbonyl (C=O) groups is 1. The number of pyridine rings is 2. The lowest BCUT2D eigenvalue weighted by Crippen LogP contribution is -2.23. The molecule has 0 spiro atoms. The second-order valence-corrected chi connectivity index (χ2v) is 8.72. The Kier molecular flexibility index (Phi) is 5.07. The minimum atomic E-state index is -0.251. The average molecular weight is 453 g/mol. The van der Waals surface area contributed by atoms with Crippen LogP contribution in [0.4, 0.5) is 5.95 Å². The summed E-state index contributed by atoms with van der Waals surface area (Å²) in [7, 11) is 0. The van der Waals surface area contributed by atoms with Crippen LogP contribution in [0.25, 0.3) is 27.9 Å². The first-order chi connectivity index (χ1) is 16.7. The molecule has 8 nitrogen and oxygen atoms in total. The monoisotopic (exact) mass is 452 g/mol. The first-order valence-electron chi connectivity index (χ1n) is 11.5. The zero-order valence-corrected chi connectivity index (χ0v) is 18.5. The second-order valence-electron chi connectivity index (χ2n) is 8.72. The van der Waals surface area contributed by atoms with Crippen molar-refractivity contribution >= 4 is 28.4 Å². The number of amides is 1. The van der Waals surface area contributed by atoms with Crippen LogP contribution in [0.5, 0.6) is 0 Å². The van der Waals surface area contributed by atoms with Gasteiger partial charge in [0.15, 0.2) is 0 Å². The Hall–Kier alpha value is -4.04. The van der Waals surface area contributed by atoms with Crippen molar-refractivity contribution in [3.63, 3.8) is 0 Å². The van der Waals surface area contributed by atoms with E-state index in [1.807, 2.05) is 48.5 Å². The smallest absolute Gasteiger partial charge is 0.258 e. The zero-order chi connectivity index (χ0) is 23.1. The highest BCUT2D eigenvalue weighted by Gasteiger charge is 2.25. The molecule has 4 heterocycles. The molecule has 170 valence electrons. The molecule has 2 N–H and O–H groups in total. The third-order valence-corrected chi connectivity index (χ3v) is 6.56. The van der Waals surface area contributed by atoms with Crippen molar-refractivity contribution in [1.29, 1.82) is 0 Å². The van der Waals surface area contributed by atoms with Crippen molar-refractivity contribution in [2.75, 3.05) is 5.32 Å². The molecule has 0 atom stereocenters. The van der Waals surface area contributed by atoms with Gasteiger partial charge < -0.3 is 9.67 Å². The van der Waals surface area contributed by atoms with Crippen LogP contribution in [0.15, 0.2) is 73.1 Å². The summed E-state index contributed by atoms with van der Waals surface area (Å²) in [5, 5.41) is 17.4. The van der Waals surface area contributed by atoms with Crippen molar-refractivity contribution in [2.45, 2.75) is 37.8 Å². The van der Waals surface area contributed by atoms with Crippen LogP contribution in [0.2, 0.25) is 0 Å². The van der Waals surface area contributed by atoms with E-state index in [9.17, 15) is 9.90 Å². The van der Waals surface area contributed by atoms with Crippen LogP contribution in [-0.4, -0.2) is 41.3 Å². The Balaban J connectivity index is 1.34. The number of nitrogens with zero attached hydrogens (tertiary/aromatic N) is 5. The fourth-order valence-electron chi connectivity index (χ4n) is 4.85. The molecule has 1 amide bonds. The summed E-state index contributed by atoms with van der Waals surface area (Å²) in [4.78, 5) is 22.5. The topological polar surface area (TPSA) is 97.3 Å². The predicted octanol–water partition coefficient (Wildman–Crippen LogP) is 4.47. The number of benzene rings is 1. The maximum atomic E-state index is 13.3. The highest BCUT2D eigenvalue weighted by Crippen LogP contribution is 2.34. The Labute approximate surface area is 195 Å². The van der Waals surface area contributed by atoms with E-state index in [1.165, 1.54) is 0 Å². The predicted molar refractivity (Wildman–Crippen MR) is 130 cm³/mol. The molecule has 1 aliphatic carbocycles. The van der Waals surface area contributed by atoms with Gasteiger partial charge in [0.1, 0.15) is 0 Å². The maximum Gasteiger partial charge on any atom is 0.258 e. The SMILES string of the molecule is O=C(Nc1nc2ccccc2n1C1CCC(O)CC1)c1ccnc(-c2cccc3ccnn23)c1. The molecule has 0 radical (unpaired) electrons. The lowest BCUT2D eigenvalue weighted by molar-refractivity contribution is 0.102. The molecule has 6 rings (SSSR count). The quantitative estimate of drug-likeness (QED) is 0.419. The summed E-state index contributed by atoms with van der Waals surface area (Å²) in [5.74, 6) is 0.281. The van der Waals surface area contributed by atoms with Gasteiger partial charge in [0.05, 0.1) is 40.2 Å². The molecular weight excluding hydrogens is 428 g/mol. The lowest BCUT2D eigenvalue weighted by Gasteiger charge is -2.28. The van der Waals surface area contributed by atoms with Crippen LogP contribution in [-0.2, 0) is 0 Å². The fourth-order valence-corrected chi connectivity index (χ4v) is 4.85. The highest BCUT2D eigenvalue weighted by molar-refractivity contribution is 6.04. The summed E-state index contributed by atoms with van der Waals surface area (Å²) in [6.45, 7) is 0. The van der Waals surface area contributed by atoms with Crippen LogP contribution in [0.3, 0.4) is 0 Å². The molecule has 0 saturated heterocycles. The van der Waals surface area contributed by atoms with Gasteiger partial charge in [-0.05, 0) is 68.1 Å². The number of hydrogen-bond acceptors (Lipinski definition) is 5. The van der Waals surface area contributed by atoms with Crippen molar-refractivity contribution in [2.24, 2.45) is 0 Å². The van der Waals surface area contributed by atoms with Gasteiger partial charge in [-0.3, -0.25) is 15.1 Å². The molecule has 1 aromatic carbocycles. The van der Waals surface area contributed by atoms with Crippen LogP contribution in [0.1, 0.15) is 42.1 Å². The van der Waals surface area contributed by atoms with Gasteiger partial charge in [-0.1, -0.05) is 18.2 Å². The molecule has 0 aliphatic heterocycles. The van der Waals surface area contributed by atoms with E-state index in [-0.39, 0.29) is 18.1 Å². The minimum Gasteiger partial charge on any atom is -0.393 e. The fraction of sp³-hybridized carbons (Fsp3) is 0.231. The molecule has 4 aromatic heterocycles. The molecule has 0 bridgehead atoms. The van der Waals surface area contributed by atoms with E-state index >= 15 is 0 Å². The number of aliphatic hydroxyl groups is 1. The van der Waals surface area contributed by atoms with Crippen molar-refractivity contribution < 1.29 is 9.90 Å². The molecule has 1 saturated carbocycles. The van der Waals surface area contributed by atoms with Gasteiger partial charge >= 0.3 is 0 Å². The van der Waals surface area contributed by atoms with Gasteiger partial charge in [-0.15, -0.1) is 0 Å². The molecular formula is C26H24N6O2. The van der Waals surface area contributed by atoms with Crippen LogP contribution in [0, 0.1) is 0 Å². The normalized spacial score (nSPS) is 18.4. The molecule has 1 aliphatic rings. The van der Waals surface area contributed by atoms with E-state index < -0.39 is 0 Å². The summed E-state index contributed by atoms with van der Waals surface area (Å²) in [5.41, 5.74) is 4.75. The average Bonchev–Trinajstić information content (AvgIpc) is 3.49. The minimum absolute atomic E-state index is 0.177. The number of rotatable bonds is 4. The van der Waals surface area contributed by atoms with Crippen LogP contribution < -0.4 is 5.32 Å². The van der Waals surface area contributed by atoms with Crippen molar-refractivity contribution in [3.8, 4) is 11.4 Å². The largest absolute Gasteiger partial charge is 0.393 e. The van der Waals surface area contributed by atoms with Gasteiger partial charge in [-0.25, -0.2) is 9.50 Å². The highest BCUT2D eigenvalue weighted by atomic mass is 16.3. The Morgan fingerprint density at radius 1 is 0.971 bits per heavy atom.